The Kier molecular flexibility index (Phi) is 7.00. The summed E-state index contributed by atoms with van der Waals surface area (Å²) in [6.45, 7) is 4.58. The highest BCUT2D eigenvalue weighted by atomic mass is 35.5. The number of rotatable bonds is 5. The smallest absolute Gasteiger partial charge is 0.251 e. The van der Waals surface area contributed by atoms with Crippen LogP contribution in [0.15, 0.2) is 47.4 Å². The van der Waals surface area contributed by atoms with Crippen LogP contribution in [0, 0.1) is 0 Å². The van der Waals surface area contributed by atoms with Gasteiger partial charge in [0, 0.05) is 30.4 Å². The number of carbonyl (C=O) groups excluding carboxylic acids is 1. The van der Waals surface area contributed by atoms with Gasteiger partial charge in [0.15, 0.2) is 0 Å². The maximum Gasteiger partial charge on any atom is 0.251 e. The highest BCUT2D eigenvalue weighted by Gasteiger charge is 2.10. The lowest BCUT2D eigenvalue weighted by atomic mass is 9.99. The summed E-state index contributed by atoms with van der Waals surface area (Å²) in [4.78, 5) is 25.6. The van der Waals surface area contributed by atoms with Gasteiger partial charge < -0.3 is 16.0 Å². The molecule has 2 rings (SSSR count). The van der Waals surface area contributed by atoms with Gasteiger partial charge in [-0.1, -0.05) is 38.1 Å². The summed E-state index contributed by atoms with van der Waals surface area (Å²) in [6, 6.07) is 10.6. The number of hydrogen-bond acceptors (Lipinski definition) is 3. The molecule has 0 saturated carbocycles. The van der Waals surface area contributed by atoms with E-state index in [0.717, 1.165) is 5.56 Å². The number of aromatic amines is 1. The zero-order valence-corrected chi connectivity index (χ0v) is 14.0. The molecule has 1 atom stereocenters. The Morgan fingerprint density at radius 3 is 2.35 bits per heavy atom. The SMILES string of the molecule is CC(C)c1ccc(C(N)CNC(=O)c2cc[nH]c(=O)c2)cc1.Cl. The van der Waals surface area contributed by atoms with Crippen molar-refractivity contribution in [2.45, 2.75) is 25.8 Å². The highest BCUT2D eigenvalue weighted by Crippen LogP contribution is 2.17. The number of H-pyrrole nitrogens is 1. The van der Waals surface area contributed by atoms with Gasteiger partial charge in [0.2, 0.25) is 5.56 Å². The Hall–Kier alpha value is -2.11. The third kappa shape index (κ3) is 5.23. The van der Waals surface area contributed by atoms with Gasteiger partial charge >= 0.3 is 0 Å². The first-order chi connectivity index (χ1) is 10.5. The van der Waals surface area contributed by atoms with Gasteiger partial charge in [-0.15, -0.1) is 12.4 Å². The largest absolute Gasteiger partial charge is 0.350 e. The summed E-state index contributed by atoms with van der Waals surface area (Å²) in [5, 5.41) is 2.75. The van der Waals surface area contributed by atoms with Crippen molar-refractivity contribution in [1.29, 1.82) is 0 Å². The van der Waals surface area contributed by atoms with E-state index in [2.05, 4.69) is 36.3 Å². The van der Waals surface area contributed by atoms with Crippen LogP contribution in [0.25, 0.3) is 0 Å². The lowest BCUT2D eigenvalue weighted by molar-refractivity contribution is 0.0951. The predicted molar refractivity (Wildman–Crippen MR) is 94.1 cm³/mol. The van der Waals surface area contributed by atoms with Crippen LogP contribution in [-0.4, -0.2) is 17.4 Å². The molecular weight excluding hydrogens is 314 g/mol. The molecule has 0 aliphatic rings. The van der Waals surface area contributed by atoms with Crippen LogP contribution in [0.2, 0.25) is 0 Å². The molecule has 0 spiro atoms. The monoisotopic (exact) mass is 335 g/mol. The molecule has 4 N–H and O–H groups in total. The molecular formula is C17H22ClN3O2. The van der Waals surface area contributed by atoms with Crippen LogP contribution in [0.3, 0.4) is 0 Å². The first-order valence-electron chi connectivity index (χ1n) is 7.29. The van der Waals surface area contributed by atoms with Gasteiger partial charge in [-0.2, -0.15) is 0 Å². The topological polar surface area (TPSA) is 88.0 Å². The van der Waals surface area contributed by atoms with Crippen molar-refractivity contribution < 1.29 is 4.79 Å². The summed E-state index contributed by atoms with van der Waals surface area (Å²) < 4.78 is 0. The van der Waals surface area contributed by atoms with Gasteiger partial charge in [-0.25, -0.2) is 0 Å². The Morgan fingerprint density at radius 1 is 1.17 bits per heavy atom. The minimum Gasteiger partial charge on any atom is -0.350 e. The molecule has 1 aromatic carbocycles. The third-order valence-electron chi connectivity index (χ3n) is 3.55. The molecule has 124 valence electrons. The van der Waals surface area contributed by atoms with E-state index in [9.17, 15) is 9.59 Å². The number of benzene rings is 1. The summed E-state index contributed by atoms with van der Waals surface area (Å²) >= 11 is 0. The average Bonchev–Trinajstić information content (AvgIpc) is 2.52. The number of amides is 1. The Balaban J connectivity index is 0.00000264. The summed E-state index contributed by atoms with van der Waals surface area (Å²) in [5.41, 5.74) is 8.34. The van der Waals surface area contributed by atoms with Crippen molar-refractivity contribution in [2.75, 3.05) is 6.54 Å². The number of aromatic nitrogens is 1. The van der Waals surface area contributed by atoms with Crippen LogP contribution in [0.5, 0.6) is 0 Å². The van der Waals surface area contributed by atoms with Crippen molar-refractivity contribution in [2.24, 2.45) is 5.73 Å². The van der Waals surface area contributed by atoms with Crippen LogP contribution in [-0.2, 0) is 0 Å². The quantitative estimate of drug-likeness (QED) is 0.783. The second kappa shape index (κ2) is 8.50. The summed E-state index contributed by atoms with van der Waals surface area (Å²) in [6.07, 6.45) is 1.45. The lowest BCUT2D eigenvalue weighted by Gasteiger charge is -2.14. The second-order valence-electron chi connectivity index (χ2n) is 5.58. The molecule has 1 unspecified atom stereocenters. The van der Waals surface area contributed by atoms with Gasteiger partial charge in [-0.05, 0) is 23.1 Å². The van der Waals surface area contributed by atoms with Crippen molar-refractivity contribution in [3.63, 3.8) is 0 Å². The maximum atomic E-state index is 12.0. The van der Waals surface area contributed by atoms with E-state index < -0.39 is 0 Å². The Labute approximate surface area is 141 Å². The van der Waals surface area contributed by atoms with E-state index in [4.69, 9.17) is 5.73 Å². The van der Waals surface area contributed by atoms with Crippen LogP contribution >= 0.6 is 12.4 Å². The van der Waals surface area contributed by atoms with Gasteiger partial charge in [0.1, 0.15) is 0 Å². The predicted octanol–water partition coefficient (Wildman–Crippen LogP) is 2.35. The number of nitrogens with one attached hydrogen (secondary N) is 2. The maximum absolute atomic E-state index is 12.0. The van der Waals surface area contributed by atoms with Crippen molar-refractivity contribution in [3.8, 4) is 0 Å². The van der Waals surface area contributed by atoms with Crippen LogP contribution in [0.4, 0.5) is 0 Å². The molecule has 1 amide bonds. The fourth-order valence-electron chi connectivity index (χ4n) is 2.14. The number of halogens is 1. The third-order valence-corrected chi connectivity index (χ3v) is 3.55. The molecule has 0 bridgehead atoms. The molecule has 1 aromatic heterocycles. The first-order valence-corrected chi connectivity index (χ1v) is 7.29. The van der Waals surface area contributed by atoms with Crippen molar-refractivity contribution in [1.82, 2.24) is 10.3 Å². The van der Waals surface area contributed by atoms with Gasteiger partial charge in [-0.3, -0.25) is 9.59 Å². The van der Waals surface area contributed by atoms with E-state index in [1.165, 1.54) is 17.8 Å². The molecule has 0 aliphatic heterocycles. The van der Waals surface area contributed by atoms with E-state index >= 15 is 0 Å². The van der Waals surface area contributed by atoms with Crippen molar-refractivity contribution >= 4 is 18.3 Å². The number of carbonyl (C=O) groups is 1. The summed E-state index contributed by atoms with van der Waals surface area (Å²) in [7, 11) is 0. The van der Waals surface area contributed by atoms with Crippen LogP contribution < -0.4 is 16.6 Å². The normalized spacial score (nSPS) is 11.7. The number of nitrogens with two attached hydrogens (primary N) is 1. The van der Waals surface area contributed by atoms with E-state index in [1.54, 1.807) is 6.07 Å². The molecule has 5 nitrogen and oxygen atoms in total. The molecule has 0 fully saturated rings. The van der Waals surface area contributed by atoms with Crippen molar-refractivity contribution in [3.05, 3.63) is 69.6 Å². The van der Waals surface area contributed by atoms with E-state index in [1.807, 2.05) is 12.1 Å². The van der Waals surface area contributed by atoms with Gasteiger partial charge in [0.25, 0.3) is 5.91 Å². The molecule has 2 aromatic rings. The van der Waals surface area contributed by atoms with E-state index in [-0.39, 0.29) is 29.9 Å². The number of pyridine rings is 1. The Bertz CT molecular complexity index is 695. The fourth-order valence-corrected chi connectivity index (χ4v) is 2.14. The minimum absolute atomic E-state index is 0. The molecule has 0 saturated heterocycles. The first kappa shape index (κ1) is 18.9. The molecule has 6 heteroatoms. The summed E-state index contributed by atoms with van der Waals surface area (Å²) in [5.74, 6) is 0.168. The molecule has 23 heavy (non-hydrogen) atoms. The fraction of sp³-hybridized carbons (Fsp3) is 0.294. The van der Waals surface area contributed by atoms with E-state index in [0.29, 0.717) is 18.0 Å². The molecule has 1 heterocycles. The zero-order valence-electron chi connectivity index (χ0n) is 13.2. The minimum atomic E-state index is -0.305. The van der Waals surface area contributed by atoms with Gasteiger partial charge in [0.05, 0.1) is 0 Å². The average molecular weight is 336 g/mol. The second-order valence-corrected chi connectivity index (χ2v) is 5.58. The number of hydrogen-bond donors (Lipinski definition) is 3. The Morgan fingerprint density at radius 2 is 1.78 bits per heavy atom. The molecule has 0 radical (unpaired) electrons. The highest BCUT2D eigenvalue weighted by molar-refractivity contribution is 5.93. The standard InChI is InChI=1S/C17H21N3O2.ClH/c1-11(2)12-3-5-13(6-4-12)15(18)10-20-17(22)14-7-8-19-16(21)9-14;/h3-9,11,15H,10,18H2,1-2H3,(H,19,21)(H,20,22);1H. The zero-order chi connectivity index (χ0) is 16.1. The molecule has 0 aliphatic carbocycles. The van der Waals surface area contributed by atoms with Crippen LogP contribution in [0.1, 0.15) is 47.3 Å². The lowest BCUT2D eigenvalue weighted by Crippen LogP contribution is -2.32.